The molecule has 35 heavy (non-hydrogen) atoms. The maximum absolute atomic E-state index is 13.9. The van der Waals surface area contributed by atoms with Crippen LogP contribution in [0.5, 0.6) is 0 Å². The highest BCUT2D eigenvalue weighted by Crippen LogP contribution is 2.29. The van der Waals surface area contributed by atoms with Crippen molar-refractivity contribution in [1.82, 2.24) is 15.5 Å². The van der Waals surface area contributed by atoms with Gasteiger partial charge in [0.25, 0.3) is 0 Å². The van der Waals surface area contributed by atoms with Gasteiger partial charge in [0.15, 0.2) is 0 Å². The predicted molar refractivity (Wildman–Crippen MR) is 135 cm³/mol. The third kappa shape index (κ3) is 9.58. The topological polar surface area (TPSA) is 131 Å². The number of aryl methyl sites for hydroxylation is 1. The van der Waals surface area contributed by atoms with Crippen LogP contribution in [-0.2, 0) is 19.1 Å². The lowest BCUT2D eigenvalue weighted by molar-refractivity contribution is -0.146. The second kappa shape index (κ2) is 12.0. The maximum atomic E-state index is 13.9. The van der Waals surface area contributed by atoms with Crippen molar-refractivity contribution in [3.05, 3.63) is 35.4 Å². The molecule has 0 aromatic heterocycles. The number of hydrogen-bond acceptors (Lipinski definition) is 5. The van der Waals surface area contributed by atoms with Gasteiger partial charge in [-0.2, -0.15) is 0 Å². The molecule has 9 nitrogen and oxygen atoms in total. The average Bonchev–Trinajstić information content (AvgIpc) is 2.68. The number of hydrogen-bond donors (Lipinski definition) is 3. The molecule has 0 saturated carbocycles. The van der Waals surface area contributed by atoms with Crippen LogP contribution in [0.2, 0.25) is 0 Å². The molecule has 9 heteroatoms. The van der Waals surface area contributed by atoms with E-state index in [1.54, 1.807) is 32.9 Å². The first-order valence-corrected chi connectivity index (χ1v) is 11.9. The van der Waals surface area contributed by atoms with E-state index in [0.29, 0.717) is 12.0 Å². The molecule has 0 heterocycles. The SMILES string of the molecule is CCC(C)N(C(=O)C(CC(N)=O)NC(=O)OC(C)(C)C)C(C(=O)NC(C)(C)C)c1ccccc1C. The van der Waals surface area contributed by atoms with E-state index in [9.17, 15) is 19.2 Å². The summed E-state index contributed by atoms with van der Waals surface area (Å²) in [6, 6.07) is 4.64. The van der Waals surface area contributed by atoms with Crippen LogP contribution in [0.25, 0.3) is 0 Å². The monoisotopic (exact) mass is 490 g/mol. The molecule has 0 radical (unpaired) electrons. The van der Waals surface area contributed by atoms with Crippen LogP contribution in [0.4, 0.5) is 4.79 Å². The minimum absolute atomic E-state index is 0.365. The van der Waals surface area contributed by atoms with Crippen LogP contribution in [0.3, 0.4) is 0 Å². The Morgan fingerprint density at radius 1 is 1.06 bits per heavy atom. The number of primary amides is 1. The van der Waals surface area contributed by atoms with E-state index in [2.05, 4.69) is 10.6 Å². The molecule has 0 bridgehead atoms. The van der Waals surface area contributed by atoms with Gasteiger partial charge in [-0.3, -0.25) is 14.4 Å². The van der Waals surface area contributed by atoms with Crippen LogP contribution in [-0.4, -0.2) is 51.9 Å². The smallest absolute Gasteiger partial charge is 0.408 e. The Kier molecular flexibility index (Phi) is 10.3. The van der Waals surface area contributed by atoms with Gasteiger partial charge in [0, 0.05) is 11.6 Å². The zero-order chi connectivity index (χ0) is 27.1. The average molecular weight is 491 g/mol. The number of nitrogens with zero attached hydrogens (tertiary/aromatic N) is 1. The summed E-state index contributed by atoms with van der Waals surface area (Å²) in [6.07, 6.45) is -0.758. The lowest BCUT2D eigenvalue weighted by Crippen LogP contribution is -2.57. The Hall–Kier alpha value is -3.10. The maximum Gasteiger partial charge on any atom is 0.408 e. The summed E-state index contributed by atoms with van der Waals surface area (Å²) in [5.74, 6) is -1.73. The first kappa shape index (κ1) is 29.9. The fourth-order valence-corrected chi connectivity index (χ4v) is 3.58. The van der Waals surface area contributed by atoms with Gasteiger partial charge in [0.1, 0.15) is 17.7 Å². The Morgan fingerprint density at radius 3 is 2.09 bits per heavy atom. The van der Waals surface area contributed by atoms with Crippen LogP contribution in [0.15, 0.2) is 24.3 Å². The van der Waals surface area contributed by atoms with Crippen LogP contribution >= 0.6 is 0 Å². The number of carbonyl (C=O) groups is 4. The molecule has 1 rings (SSSR count). The number of benzene rings is 1. The molecule has 1 aromatic rings. The van der Waals surface area contributed by atoms with Crippen molar-refractivity contribution in [3.63, 3.8) is 0 Å². The summed E-state index contributed by atoms with van der Waals surface area (Å²) in [4.78, 5) is 53.3. The molecule has 4 amide bonds. The van der Waals surface area contributed by atoms with E-state index >= 15 is 0 Å². The van der Waals surface area contributed by atoms with Crippen molar-refractivity contribution in [1.29, 1.82) is 0 Å². The number of rotatable bonds is 9. The van der Waals surface area contributed by atoms with Crippen LogP contribution < -0.4 is 16.4 Å². The van der Waals surface area contributed by atoms with E-state index < -0.39 is 53.6 Å². The number of carbonyl (C=O) groups excluding carboxylic acids is 4. The standard InChI is InChI=1S/C26H42N4O5/c1-10-17(3)30(23(33)19(15-20(27)31)28-24(34)35-26(7,8)9)21(22(32)29-25(4,5)6)18-14-12-11-13-16(18)2/h11-14,17,19,21H,10,15H2,1-9H3,(H2,27,31)(H,28,34)(H,29,32). The zero-order valence-electron chi connectivity index (χ0n) is 22.5. The largest absolute Gasteiger partial charge is 0.444 e. The molecule has 3 atom stereocenters. The van der Waals surface area contributed by atoms with Gasteiger partial charge in [0.05, 0.1) is 6.42 Å². The first-order chi connectivity index (χ1) is 16.0. The number of ether oxygens (including phenoxy) is 1. The zero-order valence-corrected chi connectivity index (χ0v) is 22.5. The van der Waals surface area contributed by atoms with Gasteiger partial charge < -0.3 is 26.0 Å². The van der Waals surface area contributed by atoms with Gasteiger partial charge in [-0.25, -0.2) is 4.79 Å². The van der Waals surface area contributed by atoms with Gasteiger partial charge in [-0.15, -0.1) is 0 Å². The molecule has 0 spiro atoms. The normalized spacial score (nSPS) is 14.3. The predicted octanol–water partition coefficient (Wildman–Crippen LogP) is 3.35. The van der Waals surface area contributed by atoms with Crippen LogP contribution in [0.1, 0.15) is 85.4 Å². The Morgan fingerprint density at radius 2 is 1.63 bits per heavy atom. The highest BCUT2D eigenvalue weighted by molar-refractivity contribution is 5.95. The van der Waals surface area contributed by atoms with E-state index in [-0.39, 0.29) is 5.91 Å². The Bertz CT molecular complexity index is 917. The van der Waals surface area contributed by atoms with E-state index in [1.807, 2.05) is 53.7 Å². The van der Waals surface area contributed by atoms with Gasteiger partial charge >= 0.3 is 6.09 Å². The Labute approximate surface area is 209 Å². The minimum atomic E-state index is -1.30. The van der Waals surface area contributed by atoms with Crippen molar-refractivity contribution in [2.45, 2.75) is 104 Å². The molecule has 196 valence electrons. The molecule has 0 aliphatic heterocycles. The highest BCUT2D eigenvalue weighted by atomic mass is 16.6. The number of amides is 4. The molecule has 0 saturated heterocycles. The van der Waals surface area contributed by atoms with Crippen molar-refractivity contribution in [3.8, 4) is 0 Å². The van der Waals surface area contributed by atoms with E-state index in [1.165, 1.54) is 4.90 Å². The fourth-order valence-electron chi connectivity index (χ4n) is 3.58. The number of nitrogens with one attached hydrogen (secondary N) is 2. The van der Waals surface area contributed by atoms with Crippen molar-refractivity contribution >= 4 is 23.8 Å². The molecular formula is C26H42N4O5. The van der Waals surface area contributed by atoms with Crippen molar-refractivity contribution < 1.29 is 23.9 Å². The Balaban J connectivity index is 3.59. The lowest BCUT2D eigenvalue weighted by Gasteiger charge is -2.39. The minimum Gasteiger partial charge on any atom is -0.444 e. The molecule has 4 N–H and O–H groups in total. The second-order valence-electron chi connectivity index (χ2n) is 10.9. The molecule has 0 aliphatic carbocycles. The summed E-state index contributed by atoms with van der Waals surface area (Å²) in [7, 11) is 0. The summed E-state index contributed by atoms with van der Waals surface area (Å²) in [5.41, 5.74) is 5.53. The third-order valence-corrected chi connectivity index (χ3v) is 5.22. The number of nitrogens with two attached hydrogens (primary N) is 1. The summed E-state index contributed by atoms with van der Waals surface area (Å²) < 4.78 is 5.29. The third-order valence-electron chi connectivity index (χ3n) is 5.22. The van der Waals surface area contributed by atoms with Crippen LogP contribution in [0, 0.1) is 6.92 Å². The van der Waals surface area contributed by atoms with Gasteiger partial charge in [0.2, 0.25) is 17.7 Å². The molecule has 1 aromatic carbocycles. The van der Waals surface area contributed by atoms with Gasteiger partial charge in [-0.05, 0) is 72.9 Å². The summed E-state index contributed by atoms with van der Waals surface area (Å²) >= 11 is 0. The van der Waals surface area contributed by atoms with Gasteiger partial charge in [-0.1, -0.05) is 31.2 Å². The molecular weight excluding hydrogens is 448 g/mol. The fraction of sp³-hybridized carbons (Fsp3) is 0.615. The lowest BCUT2D eigenvalue weighted by atomic mass is 9.95. The summed E-state index contributed by atoms with van der Waals surface area (Å²) in [5, 5.41) is 5.46. The number of alkyl carbamates (subject to hydrolysis) is 1. The molecule has 3 unspecified atom stereocenters. The molecule has 0 fully saturated rings. The first-order valence-electron chi connectivity index (χ1n) is 11.9. The second-order valence-corrected chi connectivity index (χ2v) is 10.9. The van der Waals surface area contributed by atoms with Crippen molar-refractivity contribution in [2.75, 3.05) is 0 Å². The van der Waals surface area contributed by atoms with E-state index in [4.69, 9.17) is 10.5 Å². The van der Waals surface area contributed by atoms with E-state index in [0.717, 1.165) is 5.56 Å². The molecule has 0 aliphatic rings. The quantitative estimate of drug-likeness (QED) is 0.489. The summed E-state index contributed by atoms with van der Waals surface area (Å²) in [6.45, 7) is 16.2. The highest BCUT2D eigenvalue weighted by Gasteiger charge is 2.40. The van der Waals surface area contributed by atoms with Crippen molar-refractivity contribution in [2.24, 2.45) is 5.73 Å².